The molecule has 13 heavy (non-hydrogen) atoms. The molecule has 66 valence electrons. The normalized spacial score (nSPS) is 16.0. The van der Waals surface area contributed by atoms with Crippen molar-refractivity contribution in [3.05, 3.63) is 53.5 Å². The molecular weight excluding hydrogens is 176 g/mol. The second-order valence-electron chi connectivity index (χ2n) is 3.13. The Labute approximate surface area is 83.4 Å². The summed E-state index contributed by atoms with van der Waals surface area (Å²) >= 11 is 1.82. The fourth-order valence-electron chi connectivity index (χ4n) is 1.37. The maximum Gasteiger partial charge on any atom is 0.0122 e. The maximum absolute atomic E-state index is 4.04. The minimum Gasteiger partial charge on any atom is -0.0947 e. The highest BCUT2D eigenvalue weighted by Crippen LogP contribution is 2.36. The van der Waals surface area contributed by atoms with Gasteiger partial charge >= 0.3 is 0 Å². The number of thioether (sulfide) groups is 1. The van der Waals surface area contributed by atoms with Crippen LogP contribution in [-0.2, 0) is 0 Å². The SMILES string of the molecule is C=C1CCC=C1Sc1ccccc1. The number of hydrogen-bond donors (Lipinski definition) is 0. The molecule has 0 N–H and O–H groups in total. The van der Waals surface area contributed by atoms with Gasteiger partial charge < -0.3 is 0 Å². The van der Waals surface area contributed by atoms with Gasteiger partial charge in [-0.25, -0.2) is 0 Å². The van der Waals surface area contributed by atoms with Gasteiger partial charge in [-0.1, -0.05) is 42.6 Å². The molecule has 1 aliphatic rings. The minimum absolute atomic E-state index is 1.13. The van der Waals surface area contributed by atoms with E-state index in [1.165, 1.54) is 15.4 Å². The van der Waals surface area contributed by atoms with Crippen molar-refractivity contribution in [3.8, 4) is 0 Å². The lowest BCUT2D eigenvalue weighted by molar-refractivity contribution is 1.07. The first-order valence-electron chi connectivity index (χ1n) is 4.47. The summed E-state index contributed by atoms with van der Waals surface area (Å²) < 4.78 is 0. The predicted molar refractivity (Wildman–Crippen MR) is 58.8 cm³/mol. The fourth-order valence-corrected chi connectivity index (χ4v) is 2.37. The Kier molecular flexibility index (Phi) is 2.55. The molecule has 1 heteroatoms. The average Bonchev–Trinajstić information content (AvgIpc) is 2.54. The van der Waals surface area contributed by atoms with Crippen LogP contribution >= 0.6 is 11.8 Å². The topological polar surface area (TPSA) is 0 Å². The van der Waals surface area contributed by atoms with E-state index in [4.69, 9.17) is 0 Å². The number of benzene rings is 1. The minimum atomic E-state index is 1.13. The zero-order valence-corrected chi connectivity index (χ0v) is 8.31. The van der Waals surface area contributed by atoms with Crippen LogP contribution in [0.25, 0.3) is 0 Å². The van der Waals surface area contributed by atoms with Crippen molar-refractivity contribution in [2.24, 2.45) is 0 Å². The van der Waals surface area contributed by atoms with Gasteiger partial charge in [0, 0.05) is 9.80 Å². The molecule has 0 nitrogen and oxygen atoms in total. The first-order valence-corrected chi connectivity index (χ1v) is 5.29. The van der Waals surface area contributed by atoms with Gasteiger partial charge in [-0.2, -0.15) is 0 Å². The molecule has 0 fully saturated rings. The first-order chi connectivity index (χ1) is 6.36. The first kappa shape index (κ1) is 8.64. The summed E-state index contributed by atoms with van der Waals surface area (Å²) in [6.07, 6.45) is 4.57. The summed E-state index contributed by atoms with van der Waals surface area (Å²) in [5.74, 6) is 0. The van der Waals surface area contributed by atoms with E-state index in [1.54, 1.807) is 0 Å². The van der Waals surface area contributed by atoms with Crippen LogP contribution in [0.2, 0.25) is 0 Å². The lowest BCUT2D eigenvalue weighted by atomic mass is 10.3. The number of hydrogen-bond acceptors (Lipinski definition) is 1. The van der Waals surface area contributed by atoms with Crippen molar-refractivity contribution >= 4 is 11.8 Å². The van der Waals surface area contributed by atoms with Gasteiger partial charge in [0.1, 0.15) is 0 Å². The van der Waals surface area contributed by atoms with E-state index in [2.05, 4.69) is 36.9 Å². The van der Waals surface area contributed by atoms with E-state index in [9.17, 15) is 0 Å². The molecule has 0 heterocycles. The second-order valence-corrected chi connectivity index (χ2v) is 4.24. The highest BCUT2D eigenvalue weighted by atomic mass is 32.2. The molecule has 0 bridgehead atoms. The lowest BCUT2D eigenvalue weighted by Crippen LogP contribution is -1.75. The van der Waals surface area contributed by atoms with Crippen LogP contribution in [0.5, 0.6) is 0 Å². The fraction of sp³-hybridized carbons (Fsp3) is 0.167. The number of allylic oxidation sites excluding steroid dienone is 2. The summed E-state index contributed by atoms with van der Waals surface area (Å²) in [4.78, 5) is 2.66. The molecule has 0 saturated carbocycles. The van der Waals surface area contributed by atoms with E-state index in [1.807, 2.05) is 17.8 Å². The summed E-state index contributed by atoms with van der Waals surface area (Å²) in [6, 6.07) is 10.5. The van der Waals surface area contributed by atoms with Gasteiger partial charge in [-0.3, -0.25) is 0 Å². The quantitative estimate of drug-likeness (QED) is 0.675. The predicted octanol–water partition coefficient (Wildman–Crippen LogP) is 4.01. The van der Waals surface area contributed by atoms with E-state index in [0.717, 1.165) is 12.8 Å². The van der Waals surface area contributed by atoms with Gasteiger partial charge in [0.2, 0.25) is 0 Å². The molecule has 0 radical (unpaired) electrons. The molecule has 1 aliphatic carbocycles. The van der Waals surface area contributed by atoms with Crippen LogP contribution in [-0.4, -0.2) is 0 Å². The molecule has 0 saturated heterocycles. The van der Waals surface area contributed by atoms with E-state index >= 15 is 0 Å². The summed E-state index contributed by atoms with van der Waals surface area (Å²) in [5, 5.41) is 0. The van der Waals surface area contributed by atoms with Crippen LogP contribution in [0.1, 0.15) is 12.8 Å². The highest BCUT2D eigenvalue weighted by Gasteiger charge is 2.09. The molecule has 0 atom stereocenters. The van der Waals surface area contributed by atoms with Crippen molar-refractivity contribution < 1.29 is 0 Å². The van der Waals surface area contributed by atoms with Gasteiger partial charge in [0.05, 0.1) is 0 Å². The lowest BCUT2D eigenvalue weighted by Gasteiger charge is -2.02. The molecule has 1 aromatic rings. The zero-order chi connectivity index (χ0) is 9.10. The van der Waals surface area contributed by atoms with Crippen LogP contribution in [0.3, 0.4) is 0 Å². The Hall–Kier alpha value is -0.950. The molecule has 0 aromatic heterocycles. The summed E-state index contributed by atoms with van der Waals surface area (Å²) in [5.41, 5.74) is 1.29. The molecule has 0 unspecified atom stereocenters. The molecule has 0 aliphatic heterocycles. The molecule has 0 amide bonds. The Balaban J connectivity index is 2.11. The van der Waals surface area contributed by atoms with Crippen LogP contribution < -0.4 is 0 Å². The van der Waals surface area contributed by atoms with Gasteiger partial charge in [-0.05, 0) is 30.5 Å². The smallest absolute Gasteiger partial charge is 0.0122 e. The van der Waals surface area contributed by atoms with Crippen LogP contribution in [0.4, 0.5) is 0 Å². The monoisotopic (exact) mass is 188 g/mol. The van der Waals surface area contributed by atoms with Crippen LogP contribution in [0.15, 0.2) is 58.4 Å². The Morgan fingerprint density at radius 2 is 1.92 bits per heavy atom. The standard InChI is InChI=1S/C12H12S/c1-10-6-5-9-12(10)13-11-7-3-2-4-8-11/h2-4,7-9H,1,5-6H2. The summed E-state index contributed by atoms with van der Waals surface area (Å²) in [6.45, 7) is 4.04. The van der Waals surface area contributed by atoms with Crippen LogP contribution in [0, 0.1) is 0 Å². The van der Waals surface area contributed by atoms with E-state index < -0.39 is 0 Å². The Bertz CT molecular complexity index is 335. The van der Waals surface area contributed by atoms with Crippen molar-refractivity contribution in [2.45, 2.75) is 17.7 Å². The molecular formula is C12H12S. The Morgan fingerprint density at radius 1 is 1.15 bits per heavy atom. The van der Waals surface area contributed by atoms with Gasteiger partial charge in [0.15, 0.2) is 0 Å². The molecule has 2 rings (SSSR count). The largest absolute Gasteiger partial charge is 0.0947 e. The van der Waals surface area contributed by atoms with Gasteiger partial charge in [0.25, 0.3) is 0 Å². The molecule has 1 aromatic carbocycles. The number of rotatable bonds is 2. The third-order valence-electron chi connectivity index (χ3n) is 2.10. The third kappa shape index (κ3) is 2.04. The molecule has 0 spiro atoms. The van der Waals surface area contributed by atoms with E-state index in [-0.39, 0.29) is 0 Å². The van der Waals surface area contributed by atoms with Gasteiger partial charge in [-0.15, -0.1) is 0 Å². The zero-order valence-electron chi connectivity index (χ0n) is 7.49. The summed E-state index contributed by atoms with van der Waals surface area (Å²) in [7, 11) is 0. The highest BCUT2D eigenvalue weighted by molar-refractivity contribution is 8.03. The Morgan fingerprint density at radius 3 is 2.54 bits per heavy atom. The average molecular weight is 188 g/mol. The third-order valence-corrected chi connectivity index (χ3v) is 3.28. The van der Waals surface area contributed by atoms with Crippen molar-refractivity contribution in [1.82, 2.24) is 0 Å². The maximum atomic E-state index is 4.04. The van der Waals surface area contributed by atoms with E-state index in [0.29, 0.717) is 0 Å². The van der Waals surface area contributed by atoms with Crippen molar-refractivity contribution in [3.63, 3.8) is 0 Å². The second kappa shape index (κ2) is 3.84. The van der Waals surface area contributed by atoms with Crippen molar-refractivity contribution in [2.75, 3.05) is 0 Å². The van der Waals surface area contributed by atoms with Crippen molar-refractivity contribution in [1.29, 1.82) is 0 Å².